The molecule has 2 aromatic rings. The van der Waals surface area contributed by atoms with E-state index in [-0.39, 0.29) is 22.8 Å². The smallest absolute Gasteiger partial charge is 0.362 e. The highest BCUT2D eigenvalue weighted by Crippen LogP contribution is 2.36. The molecule has 4 rings (SSSR count). The van der Waals surface area contributed by atoms with Crippen LogP contribution < -0.4 is 20.9 Å². The molecule has 0 radical (unpaired) electrons. The second kappa shape index (κ2) is 10.5. The van der Waals surface area contributed by atoms with E-state index >= 15 is 0 Å². The zero-order valence-corrected chi connectivity index (χ0v) is 20.6. The summed E-state index contributed by atoms with van der Waals surface area (Å²) in [6.45, 7) is 0. The number of rotatable bonds is 5. The molecule has 35 heavy (non-hydrogen) atoms. The molecule has 1 heterocycles. The van der Waals surface area contributed by atoms with Gasteiger partial charge < -0.3 is 20.9 Å². The highest BCUT2D eigenvalue weighted by atomic mass is 35.5. The highest BCUT2D eigenvalue weighted by Gasteiger charge is 2.34. The zero-order chi connectivity index (χ0) is 25.2. The summed E-state index contributed by atoms with van der Waals surface area (Å²) < 4.78 is 39.8. The van der Waals surface area contributed by atoms with Crippen LogP contribution in [0, 0.1) is 0 Å². The van der Waals surface area contributed by atoms with E-state index in [0.29, 0.717) is 18.8 Å². The maximum absolute atomic E-state index is 13.3. The van der Waals surface area contributed by atoms with Crippen molar-refractivity contribution in [2.24, 2.45) is 0 Å². The predicted octanol–water partition coefficient (Wildman–Crippen LogP) is 5.64. The molecule has 1 aromatic carbocycles. The van der Waals surface area contributed by atoms with Gasteiger partial charge in [-0.2, -0.15) is 18.2 Å². The summed E-state index contributed by atoms with van der Waals surface area (Å²) in [6.07, 6.45) is 2.61. The van der Waals surface area contributed by atoms with Gasteiger partial charge in [0.15, 0.2) is 0 Å². The molecule has 1 aromatic heterocycles. The fraction of sp³-hybridized carbons (Fsp3) is 0.542. The summed E-state index contributed by atoms with van der Waals surface area (Å²) >= 11 is 5.70. The molecule has 1 saturated carbocycles. The first-order valence-electron chi connectivity index (χ1n) is 11.9. The average molecular weight is 511 g/mol. The lowest BCUT2D eigenvalue weighted by molar-refractivity contribution is -0.136. The molecule has 0 aliphatic heterocycles. The van der Waals surface area contributed by atoms with Gasteiger partial charge in [0.05, 0.1) is 16.9 Å². The van der Waals surface area contributed by atoms with Gasteiger partial charge in [-0.05, 0) is 69.6 Å². The SMILES string of the molecule is CN(C)c1nc(N[C@H]2CC[C@@H](NC(=O)Nc3ccc(Cl)cc3C(F)(F)F)CC2)nc2c1CCCC2. The summed E-state index contributed by atoms with van der Waals surface area (Å²) in [7, 11) is 3.98. The van der Waals surface area contributed by atoms with Crippen molar-refractivity contribution in [1.82, 2.24) is 15.3 Å². The van der Waals surface area contributed by atoms with Gasteiger partial charge in [0.1, 0.15) is 5.82 Å². The van der Waals surface area contributed by atoms with Gasteiger partial charge in [-0.15, -0.1) is 0 Å². The lowest BCUT2D eigenvalue weighted by atomic mass is 9.91. The van der Waals surface area contributed by atoms with Gasteiger partial charge in [-0.1, -0.05) is 11.6 Å². The molecule has 0 atom stereocenters. The van der Waals surface area contributed by atoms with Crippen LogP contribution in [0.4, 0.5) is 35.4 Å². The summed E-state index contributed by atoms with van der Waals surface area (Å²) in [5, 5.41) is 8.52. The maximum Gasteiger partial charge on any atom is 0.418 e. The van der Waals surface area contributed by atoms with Gasteiger partial charge in [-0.3, -0.25) is 0 Å². The normalized spacial score (nSPS) is 20.1. The minimum atomic E-state index is -4.62. The molecule has 11 heteroatoms. The molecular formula is C24H30ClF3N6O. The van der Waals surface area contributed by atoms with Crippen LogP contribution in [0.15, 0.2) is 18.2 Å². The van der Waals surface area contributed by atoms with Crippen LogP contribution in [0.25, 0.3) is 0 Å². The molecule has 1 fully saturated rings. The summed E-state index contributed by atoms with van der Waals surface area (Å²) in [5.41, 5.74) is 1.05. The number of hydrogen-bond acceptors (Lipinski definition) is 5. The second-order valence-corrected chi connectivity index (χ2v) is 9.81. The van der Waals surface area contributed by atoms with Crippen molar-refractivity contribution in [3.8, 4) is 0 Å². The monoisotopic (exact) mass is 510 g/mol. The largest absolute Gasteiger partial charge is 0.418 e. The Hall–Kier alpha value is -2.75. The number of carbonyl (C=O) groups is 1. The molecule has 2 aliphatic rings. The van der Waals surface area contributed by atoms with Crippen molar-refractivity contribution in [1.29, 1.82) is 0 Å². The van der Waals surface area contributed by atoms with E-state index in [1.165, 1.54) is 11.6 Å². The van der Waals surface area contributed by atoms with Crippen molar-refractivity contribution in [2.75, 3.05) is 29.6 Å². The number of aromatic nitrogens is 2. The fourth-order valence-corrected chi connectivity index (χ4v) is 4.95. The topological polar surface area (TPSA) is 82.2 Å². The van der Waals surface area contributed by atoms with E-state index in [1.807, 2.05) is 19.0 Å². The first-order chi connectivity index (χ1) is 16.6. The minimum Gasteiger partial charge on any atom is -0.362 e. The number of urea groups is 1. The Morgan fingerprint density at radius 2 is 1.74 bits per heavy atom. The molecular weight excluding hydrogens is 481 g/mol. The van der Waals surface area contributed by atoms with E-state index in [0.717, 1.165) is 62.2 Å². The Morgan fingerprint density at radius 1 is 1.06 bits per heavy atom. The zero-order valence-electron chi connectivity index (χ0n) is 19.8. The molecule has 0 unspecified atom stereocenters. The van der Waals surface area contributed by atoms with Gasteiger partial charge in [0.2, 0.25) is 5.95 Å². The van der Waals surface area contributed by atoms with Crippen LogP contribution in [0.3, 0.4) is 0 Å². The van der Waals surface area contributed by atoms with Crippen molar-refractivity contribution in [2.45, 2.75) is 69.6 Å². The number of aryl methyl sites for hydroxylation is 1. The molecule has 3 N–H and O–H groups in total. The van der Waals surface area contributed by atoms with E-state index in [4.69, 9.17) is 21.6 Å². The number of carbonyl (C=O) groups excluding carboxylic acids is 1. The van der Waals surface area contributed by atoms with E-state index in [1.54, 1.807) is 0 Å². The van der Waals surface area contributed by atoms with Crippen molar-refractivity contribution >= 4 is 35.1 Å². The van der Waals surface area contributed by atoms with Gasteiger partial charge in [0, 0.05) is 36.8 Å². The molecule has 7 nitrogen and oxygen atoms in total. The number of halogens is 4. The van der Waals surface area contributed by atoms with Crippen LogP contribution in [0.1, 0.15) is 55.3 Å². The Balaban J connectivity index is 1.32. The van der Waals surface area contributed by atoms with Crippen molar-refractivity contribution in [3.05, 3.63) is 40.0 Å². The lowest BCUT2D eigenvalue weighted by Gasteiger charge is -2.30. The van der Waals surface area contributed by atoms with E-state index in [9.17, 15) is 18.0 Å². The first kappa shape index (κ1) is 25.3. The maximum atomic E-state index is 13.3. The average Bonchev–Trinajstić information content (AvgIpc) is 2.80. The molecule has 0 saturated heterocycles. The molecule has 190 valence electrons. The third-order valence-corrected chi connectivity index (χ3v) is 6.75. The number of benzene rings is 1. The third kappa shape index (κ3) is 6.28. The predicted molar refractivity (Wildman–Crippen MR) is 131 cm³/mol. The number of fused-ring (bicyclic) bond motifs is 1. The minimum absolute atomic E-state index is 0.0466. The quantitative estimate of drug-likeness (QED) is 0.485. The number of anilines is 3. The number of alkyl halides is 3. The Morgan fingerprint density at radius 3 is 2.43 bits per heavy atom. The Labute approximate surface area is 207 Å². The molecule has 0 spiro atoms. The number of nitrogens with zero attached hydrogens (tertiary/aromatic N) is 3. The standard InChI is InChI=1S/C24H30ClF3N6O/c1-34(2)21-17-5-3-4-6-19(17)31-22(33-21)29-15-8-10-16(11-9-15)30-23(35)32-20-12-7-14(25)13-18(20)24(26,27)28/h7,12-13,15-16H,3-6,8-11H2,1-2H3,(H,29,31,33)(H2,30,32,35)/t15-,16+. The van der Waals surface area contributed by atoms with Crippen molar-refractivity contribution < 1.29 is 18.0 Å². The third-order valence-electron chi connectivity index (χ3n) is 6.52. The van der Waals surface area contributed by atoms with Crippen LogP contribution in [0.2, 0.25) is 5.02 Å². The van der Waals surface area contributed by atoms with E-state index in [2.05, 4.69) is 16.0 Å². The lowest BCUT2D eigenvalue weighted by Crippen LogP contribution is -2.42. The van der Waals surface area contributed by atoms with Crippen LogP contribution in [-0.4, -0.2) is 42.2 Å². The molecule has 0 bridgehead atoms. The second-order valence-electron chi connectivity index (χ2n) is 9.38. The highest BCUT2D eigenvalue weighted by molar-refractivity contribution is 6.30. The van der Waals surface area contributed by atoms with Crippen LogP contribution in [0.5, 0.6) is 0 Å². The summed E-state index contributed by atoms with van der Waals surface area (Å²) in [6, 6.07) is 2.65. The summed E-state index contributed by atoms with van der Waals surface area (Å²) in [5.74, 6) is 1.59. The van der Waals surface area contributed by atoms with Crippen LogP contribution in [-0.2, 0) is 19.0 Å². The fourth-order valence-electron chi connectivity index (χ4n) is 4.78. The molecule has 2 amide bonds. The number of nitrogens with one attached hydrogen (secondary N) is 3. The van der Waals surface area contributed by atoms with Crippen molar-refractivity contribution in [3.63, 3.8) is 0 Å². The van der Waals surface area contributed by atoms with Gasteiger partial charge in [0.25, 0.3) is 0 Å². The van der Waals surface area contributed by atoms with Gasteiger partial charge >= 0.3 is 12.2 Å². The first-order valence-corrected chi connectivity index (χ1v) is 12.3. The number of hydrogen-bond donors (Lipinski definition) is 3. The van der Waals surface area contributed by atoms with Gasteiger partial charge in [-0.25, -0.2) is 9.78 Å². The molecule has 2 aliphatic carbocycles. The Kier molecular flexibility index (Phi) is 7.59. The Bertz CT molecular complexity index is 1070. The van der Waals surface area contributed by atoms with Crippen LogP contribution >= 0.6 is 11.6 Å². The number of amides is 2. The summed E-state index contributed by atoms with van der Waals surface area (Å²) in [4.78, 5) is 23.9. The van der Waals surface area contributed by atoms with E-state index < -0.39 is 17.8 Å².